The molecule has 0 atom stereocenters. The van der Waals surface area contributed by atoms with Gasteiger partial charge in [0, 0.05) is 38.2 Å². The molecule has 68 heavy (non-hydrogen) atoms. The largest absolute Gasteiger partial charge is 0.308 e. The van der Waals surface area contributed by atoms with Crippen molar-refractivity contribution >= 4 is 49.3 Å². The molecule has 0 fully saturated rings. The molecule has 0 saturated heterocycles. The zero-order valence-electron chi connectivity index (χ0n) is 36.3. The first kappa shape index (κ1) is 39.7. The van der Waals surface area contributed by atoms with Crippen LogP contribution in [0.4, 0.5) is 5.69 Å². The summed E-state index contributed by atoms with van der Waals surface area (Å²) in [6, 6.07) is 76.2. The van der Waals surface area contributed by atoms with Crippen molar-refractivity contribution in [2.75, 3.05) is 0 Å². The molecule has 9 aromatic carbocycles. The molecule has 0 aliphatic rings. The van der Waals surface area contributed by atoms with E-state index in [1.807, 2.05) is 115 Å². The molecule has 12 aromatic rings. The molecule has 0 radical (unpaired) electrons. The highest BCUT2D eigenvalue weighted by atomic mass is 15.0. The van der Waals surface area contributed by atoms with Crippen molar-refractivity contribution in [2.45, 2.75) is 0 Å². The van der Waals surface area contributed by atoms with E-state index in [0.717, 1.165) is 93.9 Å². The highest BCUT2D eigenvalue weighted by molar-refractivity contribution is 6.12. The number of para-hydroxylation sites is 2. The Morgan fingerprint density at radius 2 is 0.853 bits per heavy atom. The SMILES string of the molecule is [C-]#[N+]c1cccc(-c2ccc3c(c2)c2ccccc2n3-c2cc(-c3nc(-c4ccccc4)cc(-c4ccccc4)n3)cc(-n3c4ccccc4c4cc(-c5cccc(C#N)c5)ccc43)c2C#N)c1. The molecule has 314 valence electrons. The van der Waals surface area contributed by atoms with Crippen LogP contribution in [0.25, 0.3) is 116 Å². The van der Waals surface area contributed by atoms with E-state index < -0.39 is 0 Å². The summed E-state index contributed by atoms with van der Waals surface area (Å²) in [5.41, 5.74) is 14.8. The van der Waals surface area contributed by atoms with Gasteiger partial charge in [-0.1, -0.05) is 140 Å². The maximum Gasteiger partial charge on any atom is 0.187 e. The van der Waals surface area contributed by atoms with Crippen LogP contribution >= 0.6 is 0 Å². The van der Waals surface area contributed by atoms with Crippen LogP contribution in [0.15, 0.2) is 212 Å². The first-order valence-electron chi connectivity index (χ1n) is 22.2. The predicted molar refractivity (Wildman–Crippen MR) is 274 cm³/mol. The van der Waals surface area contributed by atoms with E-state index in [4.69, 9.17) is 16.5 Å². The molecule has 0 N–H and O–H groups in total. The van der Waals surface area contributed by atoms with Gasteiger partial charge in [0.05, 0.1) is 63.0 Å². The summed E-state index contributed by atoms with van der Waals surface area (Å²) in [5.74, 6) is 0.514. The molecule has 7 nitrogen and oxygen atoms in total. The van der Waals surface area contributed by atoms with Crippen LogP contribution in [0, 0.1) is 29.2 Å². The lowest BCUT2D eigenvalue weighted by Gasteiger charge is -2.18. The van der Waals surface area contributed by atoms with E-state index in [2.05, 4.69) is 123 Å². The van der Waals surface area contributed by atoms with Gasteiger partial charge in [0.2, 0.25) is 0 Å². The number of benzene rings is 9. The Morgan fingerprint density at radius 1 is 0.382 bits per heavy atom. The maximum absolute atomic E-state index is 11.7. The summed E-state index contributed by atoms with van der Waals surface area (Å²) in [5, 5.41) is 25.5. The average molecular weight is 866 g/mol. The molecule has 3 aromatic heterocycles. The van der Waals surface area contributed by atoms with E-state index >= 15 is 0 Å². The molecule has 7 heteroatoms. The maximum atomic E-state index is 11.7. The number of hydrogen-bond donors (Lipinski definition) is 0. The van der Waals surface area contributed by atoms with Crippen molar-refractivity contribution in [3.05, 3.63) is 235 Å². The molecule has 12 rings (SSSR count). The molecule has 0 saturated carbocycles. The van der Waals surface area contributed by atoms with E-state index in [9.17, 15) is 10.5 Å². The normalized spacial score (nSPS) is 11.2. The van der Waals surface area contributed by atoms with Gasteiger partial charge in [0.25, 0.3) is 0 Å². The lowest BCUT2D eigenvalue weighted by Crippen LogP contribution is -2.06. The molecular weight excluding hydrogens is 831 g/mol. The van der Waals surface area contributed by atoms with Crippen LogP contribution in [-0.4, -0.2) is 19.1 Å². The van der Waals surface area contributed by atoms with E-state index in [-0.39, 0.29) is 0 Å². The Balaban J connectivity index is 1.18. The zero-order valence-corrected chi connectivity index (χ0v) is 36.3. The van der Waals surface area contributed by atoms with Crippen LogP contribution in [0.1, 0.15) is 11.1 Å². The van der Waals surface area contributed by atoms with Gasteiger partial charge in [-0.05, 0) is 95.1 Å². The van der Waals surface area contributed by atoms with E-state index in [0.29, 0.717) is 34.0 Å². The minimum atomic E-state index is 0.473. The number of aromatic nitrogens is 4. The van der Waals surface area contributed by atoms with Gasteiger partial charge >= 0.3 is 0 Å². The first-order chi connectivity index (χ1) is 33.6. The Labute approximate surface area is 391 Å². The van der Waals surface area contributed by atoms with Crippen molar-refractivity contribution in [1.29, 1.82) is 10.5 Å². The highest BCUT2D eigenvalue weighted by Gasteiger charge is 2.24. The van der Waals surface area contributed by atoms with Gasteiger partial charge in [-0.2, -0.15) is 10.5 Å². The second-order valence-corrected chi connectivity index (χ2v) is 16.7. The number of nitrogens with zero attached hydrogens (tertiary/aromatic N) is 7. The molecule has 0 amide bonds. The second-order valence-electron chi connectivity index (χ2n) is 16.7. The van der Waals surface area contributed by atoms with Gasteiger partial charge in [-0.3, -0.25) is 0 Å². The van der Waals surface area contributed by atoms with E-state index in [1.165, 1.54) is 0 Å². The van der Waals surface area contributed by atoms with Crippen molar-refractivity contribution in [2.24, 2.45) is 0 Å². The monoisotopic (exact) mass is 865 g/mol. The van der Waals surface area contributed by atoms with Gasteiger partial charge in [-0.15, -0.1) is 0 Å². The zero-order chi connectivity index (χ0) is 45.7. The predicted octanol–water partition coefficient (Wildman–Crippen LogP) is 15.3. The Hall–Kier alpha value is -9.87. The third-order valence-corrected chi connectivity index (χ3v) is 12.8. The molecular formula is C61H35N7. The van der Waals surface area contributed by atoms with Gasteiger partial charge < -0.3 is 9.13 Å². The van der Waals surface area contributed by atoms with Crippen molar-refractivity contribution in [3.63, 3.8) is 0 Å². The third kappa shape index (κ3) is 6.65. The molecule has 3 heterocycles. The van der Waals surface area contributed by atoms with Crippen LogP contribution in [0.5, 0.6) is 0 Å². The van der Waals surface area contributed by atoms with E-state index in [1.54, 1.807) is 0 Å². The minimum Gasteiger partial charge on any atom is -0.308 e. The molecule has 0 aliphatic heterocycles. The third-order valence-electron chi connectivity index (χ3n) is 12.8. The van der Waals surface area contributed by atoms with Crippen molar-refractivity contribution in [1.82, 2.24) is 19.1 Å². The summed E-state index contributed by atoms with van der Waals surface area (Å²) in [7, 11) is 0. The van der Waals surface area contributed by atoms with Crippen LogP contribution < -0.4 is 0 Å². The first-order valence-corrected chi connectivity index (χ1v) is 22.2. The molecule has 0 bridgehead atoms. The average Bonchev–Trinajstić information content (AvgIpc) is 3.93. The number of nitriles is 2. The van der Waals surface area contributed by atoms with Crippen molar-refractivity contribution in [3.8, 4) is 79.7 Å². The Bertz CT molecular complexity index is 3870. The topological polar surface area (TPSA) is 87.6 Å². The molecule has 0 spiro atoms. The van der Waals surface area contributed by atoms with Gasteiger partial charge in [0.1, 0.15) is 11.6 Å². The summed E-state index contributed by atoms with van der Waals surface area (Å²) in [6.07, 6.45) is 0. The standard InChI is InChI=1S/C61H35N7/c1-64-47-21-13-20-43(31-47)45-27-29-58-51(33-45)49-23-9-11-25-56(49)68(58)60-35-46(61-65-53(40-15-4-2-5-16-40)36-54(66-61)41-17-6-3-7-18-41)34-59(52(60)38-63)67-55-24-10-8-22-48(55)50-32-44(26-28-57(50)67)42-19-12-14-39(30-42)37-62/h2-36H. The summed E-state index contributed by atoms with van der Waals surface area (Å²) >= 11 is 0. The fourth-order valence-electron chi connectivity index (χ4n) is 9.65. The Morgan fingerprint density at radius 3 is 1.38 bits per heavy atom. The lowest BCUT2D eigenvalue weighted by atomic mass is 10.0. The number of hydrogen-bond acceptors (Lipinski definition) is 4. The molecule has 0 unspecified atom stereocenters. The number of fused-ring (bicyclic) bond motifs is 6. The van der Waals surface area contributed by atoms with Crippen molar-refractivity contribution < 1.29 is 0 Å². The smallest absolute Gasteiger partial charge is 0.187 e. The van der Waals surface area contributed by atoms with Gasteiger partial charge in [0.15, 0.2) is 11.5 Å². The lowest BCUT2D eigenvalue weighted by molar-refractivity contribution is 1.11. The number of rotatable bonds is 7. The summed E-state index contributed by atoms with van der Waals surface area (Å²) < 4.78 is 4.39. The second kappa shape index (κ2) is 16.3. The van der Waals surface area contributed by atoms with Gasteiger partial charge in [-0.25, -0.2) is 14.8 Å². The summed E-state index contributed by atoms with van der Waals surface area (Å²) in [6.45, 7) is 7.66. The summed E-state index contributed by atoms with van der Waals surface area (Å²) in [4.78, 5) is 14.3. The molecule has 0 aliphatic carbocycles. The minimum absolute atomic E-state index is 0.473. The van der Waals surface area contributed by atoms with Crippen LogP contribution in [-0.2, 0) is 0 Å². The Kier molecular flexibility index (Phi) is 9.51. The fourth-order valence-corrected chi connectivity index (χ4v) is 9.65. The van der Waals surface area contributed by atoms with Crippen LogP contribution in [0.2, 0.25) is 0 Å². The van der Waals surface area contributed by atoms with Crippen LogP contribution in [0.3, 0.4) is 0 Å². The highest BCUT2D eigenvalue weighted by Crippen LogP contribution is 2.42. The quantitative estimate of drug-likeness (QED) is 0.149. The fraction of sp³-hybridized carbons (Fsp3) is 0.